The summed E-state index contributed by atoms with van der Waals surface area (Å²) in [6.45, 7) is 4.83. The Balaban J connectivity index is 4.48. The maximum atomic E-state index is 12.8. The molecule has 0 aromatic rings. The van der Waals surface area contributed by atoms with Crippen LogP contribution in [-0.4, -0.2) is 73.4 Å². The number of rotatable bonds is 37. The molecule has 0 radical (unpaired) electrons. The van der Waals surface area contributed by atoms with E-state index in [2.05, 4.69) is 43.5 Å². The second-order valence-electron chi connectivity index (χ2n) is 15.4. The van der Waals surface area contributed by atoms with Crippen LogP contribution in [0.2, 0.25) is 0 Å². The van der Waals surface area contributed by atoms with Gasteiger partial charge in [0.1, 0.15) is 13.2 Å². The first-order chi connectivity index (χ1) is 24.0. The highest BCUT2D eigenvalue weighted by Crippen LogP contribution is 2.43. The molecule has 296 valence electrons. The number of nitrogens with zero attached hydrogens (tertiary/aromatic N) is 1. The van der Waals surface area contributed by atoms with Gasteiger partial charge in [-0.15, -0.1) is 0 Å². The lowest BCUT2D eigenvalue weighted by Crippen LogP contribution is -2.46. The van der Waals surface area contributed by atoms with Gasteiger partial charge in [-0.3, -0.25) is 13.8 Å². The maximum Gasteiger partial charge on any atom is 0.472 e. The summed E-state index contributed by atoms with van der Waals surface area (Å²) in [4.78, 5) is 23.1. The number of allylic oxidation sites excluding steroid dienone is 4. The Hall–Kier alpha value is -1.02. The Bertz CT molecular complexity index is 876. The molecule has 0 fully saturated rings. The van der Waals surface area contributed by atoms with Gasteiger partial charge < -0.3 is 19.8 Å². The van der Waals surface area contributed by atoms with Crippen LogP contribution in [0.25, 0.3) is 0 Å². The molecule has 50 heavy (non-hydrogen) atoms. The smallest absolute Gasteiger partial charge is 0.391 e. The number of hydrogen-bond acceptors (Lipinski definition) is 5. The number of amides is 1. The summed E-state index contributed by atoms with van der Waals surface area (Å²) in [6, 6.07) is -0.777. The van der Waals surface area contributed by atoms with Gasteiger partial charge in [0.05, 0.1) is 39.9 Å². The topological polar surface area (TPSA) is 105 Å². The van der Waals surface area contributed by atoms with Crippen LogP contribution < -0.4 is 5.32 Å². The Morgan fingerprint density at radius 2 is 1.08 bits per heavy atom. The van der Waals surface area contributed by atoms with Crippen molar-refractivity contribution in [1.82, 2.24) is 5.32 Å². The third kappa shape index (κ3) is 35.4. The highest BCUT2D eigenvalue weighted by Gasteiger charge is 2.28. The molecule has 9 heteroatoms. The summed E-state index contributed by atoms with van der Waals surface area (Å²) >= 11 is 0. The SMILES string of the molecule is CCCCCCC/C=C/CCCCCCCC(=O)N[C@@H](COP(=O)(O)OCC[N+](C)(C)C)[C@H](O)CCCC/C=C/CCCCCCCCCC. The number of phosphoric acid groups is 1. The van der Waals surface area contributed by atoms with Gasteiger partial charge in [-0.2, -0.15) is 0 Å². The Kier molecular flexibility index (Phi) is 33.1. The second kappa shape index (κ2) is 33.8. The number of aliphatic hydroxyl groups is 1. The van der Waals surface area contributed by atoms with Crippen LogP contribution in [0.5, 0.6) is 0 Å². The molecular formula is C41H82N2O6P+. The largest absolute Gasteiger partial charge is 0.472 e. The fourth-order valence-electron chi connectivity index (χ4n) is 5.80. The summed E-state index contributed by atoms with van der Waals surface area (Å²) in [5, 5.41) is 13.9. The standard InChI is InChI=1S/C41H81N2O6P/c1-6-8-10-12-14-16-18-20-22-24-26-28-30-32-34-40(44)39(38-49-50(46,47)48-37-36-43(3,4)5)42-41(45)35-33-31-29-27-25-23-21-19-17-15-13-11-9-7-2/h19,21,24,26,39-40,44H,6-18,20,22-23,25,27-38H2,1-5H3,(H-,42,45,46,47)/p+1/b21-19+,26-24+/t39-,40+/m0/s1. The van der Waals surface area contributed by atoms with E-state index in [1.807, 2.05) is 21.1 Å². The minimum Gasteiger partial charge on any atom is -0.391 e. The van der Waals surface area contributed by atoms with E-state index >= 15 is 0 Å². The van der Waals surface area contributed by atoms with Crippen molar-refractivity contribution in [2.75, 3.05) is 40.9 Å². The molecule has 3 N–H and O–H groups in total. The van der Waals surface area contributed by atoms with E-state index in [0.29, 0.717) is 23.9 Å². The van der Waals surface area contributed by atoms with Crippen molar-refractivity contribution >= 4 is 13.7 Å². The van der Waals surface area contributed by atoms with E-state index in [4.69, 9.17) is 9.05 Å². The van der Waals surface area contributed by atoms with Gasteiger partial charge in [0.25, 0.3) is 0 Å². The van der Waals surface area contributed by atoms with Gasteiger partial charge in [-0.1, -0.05) is 134 Å². The average molecular weight is 730 g/mol. The molecule has 3 atom stereocenters. The molecular weight excluding hydrogens is 647 g/mol. The zero-order chi connectivity index (χ0) is 37.2. The minimum atomic E-state index is -4.32. The summed E-state index contributed by atoms with van der Waals surface area (Å²) in [6.07, 6.45) is 37.7. The molecule has 0 bridgehead atoms. The van der Waals surface area contributed by atoms with Gasteiger partial charge in [0, 0.05) is 6.42 Å². The minimum absolute atomic E-state index is 0.0683. The molecule has 0 aliphatic heterocycles. The average Bonchev–Trinajstić information content (AvgIpc) is 3.06. The van der Waals surface area contributed by atoms with Crippen molar-refractivity contribution in [3.8, 4) is 0 Å². The van der Waals surface area contributed by atoms with E-state index < -0.39 is 20.0 Å². The van der Waals surface area contributed by atoms with Crippen LogP contribution in [0, 0.1) is 0 Å². The molecule has 0 aromatic carbocycles. The fraction of sp³-hybridized carbons (Fsp3) is 0.878. The highest BCUT2D eigenvalue weighted by atomic mass is 31.2. The number of nitrogens with one attached hydrogen (secondary N) is 1. The van der Waals surface area contributed by atoms with Gasteiger partial charge in [-0.05, 0) is 64.2 Å². The van der Waals surface area contributed by atoms with Crippen LogP contribution in [0.15, 0.2) is 24.3 Å². The number of carbonyl (C=O) groups is 1. The predicted octanol–water partition coefficient (Wildman–Crippen LogP) is 11.0. The van der Waals surface area contributed by atoms with Crippen LogP contribution in [-0.2, 0) is 18.4 Å². The first kappa shape index (κ1) is 49.0. The molecule has 0 saturated heterocycles. The van der Waals surface area contributed by atoms with Crippen LogP contribution >= 0.6 is 7.82 Å². The quantitative estimate of drug-likeness (QED) is 0.0254. The Labute approximate surface area is 309 Å². The van der Waals surface area contributed by atoms with Crippen molar-refractivity contribution in [1.29, 1.82) is 0 Å². The zero-order valence-corrected chi connectivity index (χ0v) is 34.3. The van der Waals surface area contributed by atoms with Crippen LogP contribution in [0.4, 0.5) is 0 Å². The van der Waals surface area contributed by atoms with Crippen molar-refractivity contribution in [2.45, 2.75) is 193 Å². The van der Waals surface area contributed by atoms with Crippen molar-refractivity contribution in [2.24, 2.45) is 0 Å². The molecule has 0 aliphatic carbocycles. The zero-order valence-electron chi connectivity index (χ0n) is 33.4. The molecule has 0 heterocycles. The second-order valence-corrected chi connectivity index (χ2v) is 16.8. The number of hydrogen-bond donors (Lipinski definition) is 3. The van der Waals surface area contributed by atoms with Crippen LogP contribution in [0.1, 0.15) is 181 Å². The molecule has 0 aliphatic rings. The summed E-state index contributed by atoms with van der Waals surface area (Å²) in [5.74, 6) is -0.165. The normalized spacial score (nSPS) is 14.8. The molecule has 0 aromatic heterocycles. The Morgan fingerprint density at radius 1 is 0.660 bits per heavy atom. The van der Waals surface area contributed by atoms with Gasteiger partial charge in [0.2, 0.25) is 5.91 Å². The first-order valence-electron chi connectivity index (χ1n) is 20.7. The summed E-state index contributed by atoms with van der Waals surface area (Å²) in [7, 11) is 1.59. The summed E-state index contributed by atoms with van der Waals surface area (Å²) < 4.78 is 23.5. The van der Waals surface area contributed by atoms with Crippen molar-refractivity contribution in [3.05, 3.63) is 24.3 Å². The summed E-state index contributed by atoms with van der Waals surface area (Å²) in [5.41, 5.74) is 0. The molecule has 0 spiro atoms. The third-order valence-electron chi connectivity index (χ3n) is 9.17. The number of quaternary nitrogens is 1. The molecule has 1 unspecified atom stereocenters. The maximum absolute atomic E-state index is 12.8. The van der Waals surface area contributed by atoms with E-state index in [-0.39, 0.29) is 19.1 Å². The molecule has 1 amide bonds. The van der Waals surface area contributed by atoms with Crippen molar-refractivity contribution in [3.63, 3.8) is 0 Å². The molecule has 8 nitrogen and oxygen atoms in total. The number of unbranched alkanes of at least 4 members (excludes halogenated alkanes) is 20. The highest BCUT2D eigenvalue weighted by molar-refractivity contribution is 7.47. The number of likely N-dealkylation sites (N-methyl/N-ethyl adjacent to an activating group) is 1. The third-order valence-corrected chi connectivity index (χ3v) is 10.2. The van der Waals surface area contributed by atoms with E-state index in [9.17, 15) is 19.4 Å². The van der Waals surface area contributed by atoms with E-state index in [0.717, 1.165) is 57.8 Å². The fourth-order valence-corrected chi connectivity index (χ4v) is 6.53. The lowest BCUT2D eigenvalue weighted by Gasteiger charge is -2.26. The molecule has 0 saturated carbocycles. The number of carbonyl (C=O) groups excluding carboxylic acids is 1. The van der Waals surface area contributed by atoms with Gasteiger partial charge >= 0.3 is 7.82 Å². The lowest BCUT2D eigenvalue weighted by atomic mass is 10.0. The van der Waals surface area contributed by atoms with E-state index in [1.54, 1.807) is 0 Å². The Morgan fingerprint density at radius 3 is 1.54 bits per heavy atom. The van der Waals surface area contributed by atoms with Crippen LogP contribution in [0.3, 0.4) is 0 Å². The first-order valence-corrected chi connectivity index (χ1v) is 22.2. The monoisotopic (exact) mass is 730 g/mol. The predicted molar refractivity (Wildman–Crippen MR) is 212 cm³/mol. The van der Waals surface area contributed by atoms with Gasteiger partial charge in [0.15, 0.2) is 0 Å². The molecule has 0 rings (SSSR count). The number of aliphatic hydroxyl groups excluding tert-OH is 1. The van der Waals surface area contributed by atoms with E-state index in [1.165, 1.54) is 96.3 Å². The van der Waals surface area contributed by atoms with Gasteiger partial charge in [-0.25, -0.2) is 4.57 Å². The number of phosphoric ester groups is 1. The lowest BCUT2D eigenvalue weighted by molar-refractivity contribution is -0.870. The van der Waals surface area contributed by atoms with Crippen molar-refractivity contribution < 1.29 is 32.9 Å².